The molecule has 6 heteroatoms. The van der Waals surface area contributed by atoms with E-state index in [1.54, 1.807) is 6.07 Å². The summed E-state index contributed by atoms with van der Waals surface area (Å²) in [6.07, 6.45) is 0. The topological polar surface area (TPSA) is 30.2 Å². The lowest BCUT2D eigenvalue weighted by Gasteiger charge is -1.96. The SMILES string of the molecule is Cc1nn2c(Cl)cc(Cl)nc2c1Br. The number of halogens is 3. The monoisotopic (exact) mass is 279 g/mol. The van der Waals surface area contributed by atoms with E-state index < -0.39 is 0 Å². The van der Waals surface area contributed by atoms with Crippen molar-refractivity contribution in [1.29, 1.82) is 0 Å². The van der Waals surface area contributed by atoms with Gasteiger partial charge < -0.3 is 0 Å². The summed E-state index contributed by atoms with van der Waals surface area (Å²) in [5.74, 6) is 0. The van der Waals surface area contributed by atoms with Gasteiger partial charge >= 0.3 is 0 Å². The molecule has 68 valence electrons. The first-order valence-electron chi connectivity index (χ1n) is 3.46. The predicted molar refractivity (Wildman–Crippen MR) is 55.4 cm³/mol. The van der Waals surface area contributed by atoms with Gasteiger partial charge in [-0.05, 0) is 22.9 Å². The van der Waals surface area contributed by atoms with Gasteiger partial charge in [0.2, 0.25) is 0 Å². The van der Waals surface area contributed by atoms with E-state index in [4.69, 9.17) is 23.2 Å². The molecule has 0 fully saturated rings. The van der Waals surface area contributed by atoms with Gasteiger partial charge in [0, 0.05) is 6.07 Å². The van der Waals surface area contributed by atoms with Crippen LogP contribution in [0.1, 0.15) is 5.69 Å². The molecule has 0 saturated heterocycles. The largest absolute Gasteiger partial charge is 0.216 e. The smallest absolute Gasteiger partial charge is 0.172 e. The lowest BCUT2D eigenvalue weighted by atomic mass is 10.5. The maximum atomic E-state index is 5.90. The highest BCUT2D eigenvalue weighted by Gasteiger charge is 2.10. The summed E-state index contributed by atoms with van der Waals surface area (Å²) in [5.41, 5.74) is 1.46. The Hall–Kier alpha value is -0.320. The van der Waals surface area contributed by atoms with Crippen LogP contribution in [0.15, 0.2) is 10.5 Å². The fourth-order valence-electron chi connectivity index (χ4n) is 1.03. The normalized spacial score (nSPS) is 11.1. The molecule has 0 aliphatic rings. The fraction of sp³-hybridized carbons (Fsp3) is 0.143. The number of aromatic nitrogens is 3. The quantitative estimate of drug-likeness (QED) is 0.694. The highest BCUT2D eigenvalue weighted by Crippen LogP contribution is 2.24. The van der Waals surface area contributed by atoms with E-state index in [0.29, 0.717) is 16.0 Å². The van der Waals surface area contributed by atoms with Gasteiger partial charge in [0.25, 0.3) is 0 Å². The number of nitrogens with zero attached hydrogens (tertiary/aromatic N) is 3. The molecule has 0 radical (unpaired) electrons. The molecule has 0 amide bonds. The van der Waals surface area contributed by atoms with Crippen LogP contribution < -0.4 is 0 Å². The maximum Gasteiger partial charge on any atom is 0.172 e. The molecular weight excluding hydrogens is 277 g/mol. The van der Waals surface area contributed by atoms with Gasteiger partial charge in [0.05, 0.1) is 10.2 Å². The average Bonchev–Trinajstić information content (AvgIpc) is 2.32. The van der Waals surface area contributed by atoms with Crippen LogP contribution >= 0.6 is 39.1 Å². The van der Waals surface area contributed by atoms with Crippen molar-refractivity contribution in [3.8, 4) is 0 Å². The van der Waals surface area contributed by atoms with E-state index in [-0.39, 0.29) is 0 Å². The van der Waals surface area contributed by atoms with Crippen molar-refractivity contribution < 1.29 is 0 Å². The first-order valence-corrected chi connectivity index (χ1v) is 5.01. The van der Waals surface area contributed by atoms with Crippen LogP contribution in [0, 0.1) is 6.92 Å². The Bertz CT molecular complexity index is 480. The molecule has 13 heavy (non-hydrogen) atoms. The van der Waals surface area contributed by atoms with Crippen molar-refractivity contribution in [1.82, 2.24) is 14.6 Å². The molecule has 2 aromatic heterocycles. The van der Waals surface area contributed by atoms with Crippen LogP contribution in [0.25, 0.3) is 5.65 Å². The Labute approximate surface area is 92.8 Å². The van der Waals surface area contributed by atoms with E-state index in [2.05, 4.69) is 26.0 Å². The van der Waals surface area contributed by atoms with Gasteiger partial charge in [-0.15, -0.1) is 0 Å². The van der Waals surface area contributed by atoms with Crippen LogP contribution in [-0.4, -0.2) is 14.6 Å². The number of rotatable bonds is 0. The van der Waals surface area contributed by atoms with E-state index in [0.717, 1.165) is 10.2 Å². The minimum atomic E-state index is 0.359. The van der Waals surface area contributed by atoms with E-state index >= 15 is 0 Å². The molecule has 0 aliphatic heterocycles. The highest BCUT2D eigenvalue weighted by atomic mass is 79.9. The summed E-state index contributed by atoms with van der Waals surface area (Å²) in [4.78, 5) is 4.09. The lowest BCUT2D eigenvalue weighted by Crippen LogP contribution is -1.91. The minimum Gasteiger partial charge on any atom is -0.216 e. The number of hydrogen-bond acceptors (Lipinski definition) is 2. The van der Waals surface area contributed by atoms with Gasteiger partial charge in [0.1, 0.15) is 10.3 Å². The predicted octanol–water partition coefficient (Wildman–Crippen LogP) is 3.11. The molecule has 2 rings (SSSR count). The zero-order valence-electron chi connectivity index (χ0n) is 6.55. The lowest BCUT2D eigenvalue weighted by molar-refractivity contribution is 0.918. The summed E-state index contributed by atoms with van der Waals surface area (Å²) in [6.45, 7) is 1.86. The number of hydrogen-bond donors (Lipinski definition) is 0. The minimum absolute atomic E-state index is 0.359. The van der Waals surface area contributed by atoms with Crippen molar-refractivity contribution in [2.75, 3.05) is 0 Å². The molecular formula is C7H4BrCl2N3. The van der Waals surface area contributed by atoms with E-state index in [9.17, 15) is 0 Å². The van der Waals surface area contributed by atoms with Gasteiger partial charge in [-0.1, -0.05) is 23.2 Å². The van der Waals surface area contributed by atoms with Gasteiger partial charge in [-0.2, -0.15) is 5.10 Å². The van der Waals surface area contributed by atoms with Gasteiger partial charge in [0.15, 0.2) is 5.65 Å². The van der Waals surface area contributed by atoms with Crippen LogP contribution in [0.2, 0.25) is 10.3 Å². The standard InChI is InChI=1S/C7H4BrCl2N3/c1-3-6(8)7-11-4(9)2-5(10)13(7)12-3/h2H,1H3. The van der Waals surface area contributed by atoms with Crippen molar-refractivity contribution in [3.63, 3.8) is 0 Å². The third-order valence-corrected chi connectivity index (χ3v) is 3.01. The molecule has 0 spiro atoms. The summed E-state index contributed by atoms with van der Waals surface area (Å²) in [5, 5.41) is 4.98. The van der Waals surface area contributed by atoms with Gasteiger partial charge in [-0.25, -0.2) is 9.50 Å². The fourth-order valence-corrected chi connectivity index (χ4v) is 1.83. The highest BCUT2D eigenvalue weighted by molar-refractivity contribution is 9.10. The summed E-state index contributed by atoms with van der Waals surface area (Å²) < 4.78 is 2.35. The molecule has 0 unspecified atom stereocenters. The first kappa shape index (κ1) is 9.24. The van der Waals surface area contributed by atoms with Crippen molar-refractivity contribution in [2.45, 2.75) is 6.92 Å². The van der Waals surface area contributed by atoms with E-state index in [1.165, 1.54) is 4.52 Å². The zero-order valence-corrected chi connectivity index (χ0v) is 9.65. The Kier molecular flexibility index (Phi) is 2.21. The first-order chi connectivity index (χ1) is 6.09. The average molecular weight is 281 g/mol. The molecule has 0 aliphatic carbocycles. The molecule has 0 aromatic carbocycles. The van der Waals surface area contributed by atoms with Crippen LogP contribution in [0.4, 0.5) is 0 Å². The summed E-state index contributed by atoms with van der Waals surface area (Å²) in [6, 6.07) is 1.55. The molecule has 3 nitrogen and oxygen atoms in total. The van der Waals surface area contributed by atoms with Crippen LogP contribution in [0.5, 0.6) is 0 Å². The Morgan fingerprint density at radius 2 is 2.15 bits per heavy atom. The number of fused-ring (bicyclic) bond motifs is 1. The van der Waals surface area contributed by atoms with Crippen LogP contribution in [0.3, 0.4) is 0 Å². The van der Waals surface area contributed by atoms with Crippen molar-refractivity contribution in [3.05, 3.63) is 26.5 Å². The number of aryl methyl sites for hydroxylation is 1. The van der Waals surface area contributed by atoms with Gasteiger partial charge in [-0.3, -0.25) is 0 Å². The maximum absolute atomic E-state index is 5.90. The Morgan fingerprint density at radius 3 is 2.85 bits per heavy atom. The van der Waals surface area contributed by atoms with Crippen molar-refractivity contribution >= 4 is 44.8 Å². The molecule has 0 N–H and O–H groups in total. The third-order valence-electron chi connectivity index (χ3n) is 1.62. The second kappa shape index (κ2) is 3.12. The molecule has 2 heterocycles. The Morgan fingerprint density at radius 1 is 1.46 bits per heavy atom. The second-order valence-electron chi connectivity index (χ2n) is 2.54. The summed E-state index contributed by atoms with van der Waals surface area (Å²) in [7, 11) is 0. The van der Waals surface area contributed by atoms with Crippen LogP contribution in [-0.2, 0) is 0 Å². The molecule has 0 atom stereocenters. The Balaban J connectivity index is 2.94. The molecule has 0 saturated carbocycles. The summed E-state index contributed by atoms with van der Waals surface area (Å²) >= 11 is 15.0. The van der Waals surface area contributed by atoms with Crippen molar-refractivity contribution in [2.24, 2.45) is 0 Å². The van der Waals surface area contributed by atoms with E-state index in [1.807, 2.05) is 6.92 Å². The zero-order chi connectivity index (χ0) is 9.59. The molecule has 2 aromatic rings. The molecule has 0 bridgehead atoms. The third kappa shape index (κ3) is 1.43. The second-order valence-corrected chi connectivity index (χ2v) is 4.10.